The molecule has 0 radical (unpaired) electrons. The zero-order valence-corrected chi connectivity index (χ0v) is 8.94. The first-order valence-electron chi connectivity index (χ1n) is 4.53. The molecule has 0 saturated heterocycles. The fraction of sp³-hybridized carbons (Fsp3) is 0.250. The van der Waals surface area contributed by atoms with Crippen molar-refractivity contribution in [2.45, 2.75) is 6.42 Å². The van der Waals surface area contributed by atoms with Gasteiger partial charge in [0.2, 0.25) is 0 Å². The minimum atomic E-state index is 0.353. The lowest BCUT2D eigenvalue weighted by atomic mass is 10.2. The van der Waals surface area contributed by atoms with Gasteiger partial charge in [-0.2, -0.15) is 0 Å². The molecule has 0 aliphatic heterocycles. The van der Waals surface area contributed by atoms with E-state index in [-0.39, 0.29) is 0 Å². The van der Waals surface area contributed by atoms with Crippen molar-refractivity contribution >= 4 is 6.47 Å². The number of carbonyl (C=O) groups is 1. The summed E-state index contributed by atoms with van der Waals surface area (Å²) in [4.78, 5) is 9.92. The van der Waals surface area contributed by atoms with Gasteiger partial charge in [-0.1, -0.05) is 25.3 Å². The minimum absolute atomic E-state index is 0.353. The second kappa shape index (κ2) is 8.81. The number of rotatable bonds is 8. The van der Waals surface area contributed by atoms with Gasteiger partial charge in [-0.25, -0.2) is 0 Å². The van der Waals surface area contributed by atoms with Crippen LogP contribution in [0, 0.1) is 0 Å². The second-order valence-corrected chi connectivity index (χ2v) is 2.64. The highest BCUT2D eigenvalue weighted by Crippen LogP contribution is 2.05. The standard InChI is InChI=1S/C12H16O3/c1-4-11(8-9-15-10-13)6-7-12(5-2)14-3/h4-7,10H,1-2,8-9H2,3H3/b11-6+,12-7+. The number of methoxy groups -OCH3 is 1. The molecule has 0 aromatic rings. The fourth-order valence-corrected chi connectivity index (χ4v) is 0.887. The highest BCUT2D eigenvalue weighted by atomic mass is 16.5. The summed E-state index contributed by atoms with van der Waals surface area (Å²) >= 11 is 0. The van der Waals surface area contributed by atoms with Gasteiger partial charge < -0.3 is 9.47 Å². The van der Waals surface area contributed by atoms with Gasteiger partial charge in [0.05, 0.1) is 13.7 Å². The normalized spacial score (nSPS) is 11.8. The maximum Gasteiger partial charge on any atom is 0.293 e. The average Bonchev–Trinajstić information content (AvgIpc) is 2.28. The van der Waals surface area contributed by atoms with Crippen molar-refractivity contribution < 1.29 is 14.3 Å². The van der Waals surface area contributed by atoms with E-state index < -0.39 is 0 Å². The van der Waals surface area contributed by atoms with Crippen LogP contribution in [-0.2, 0) is 14.3 Å². The predicted molar refractivity (Wildman–Crippen MR) is 60.2 cm³/mol. The van der Waals surface area contributed by atoms with E-state index in [2.05, 4.69) is 17.9 Å². The van der Waals surface area contributed by atoms with E-state index in [1.807, 2.05) is 6.08 Å². The Balaban J connectivity index is 4.31. The Bertz CT molecular complexity index is 275. The number of hydrogen-bond donors (Lipinski definition) is 0. The predicted octanol–water partition coefficient (Wildman–Crippen LogP) is 2.38. The molecule has 0 spiro atoms. The second-order valence-electron chi connectivity index (χ2n) is 2.64. The molecule has 82 valence electrons. The summed E-state index contributed by atoms with van der Waals surface area (Å²) in [6.07, 6.45) is 7.58. The third-order valence-electron chi connectivity index (χ3n) is 1.74. The van der Waals surface area contributed by atoms with Crippen LogP contribution in [0.4, 0.5) is 0 Å². The molecule has 0 atom stereocenters. The smallest absolute Gasteiger partial charge is 0.293 e. The lowest BCUT2D eigenvalue weighted by Gasteiger charge is -2.00. The van der Waals surface area contributed by atoms with E-state index >= 15 is 0 Å². The lowest BCUT2D eigenvalue weighted by molar-refractivity contribution is -0.128. The number of carbonyl (C=O) groups excluding carboxylic acids is 1. The molecule has 0 unspecified atom stereocenters. The summed E-state index contributed by atoms with van der Waals surface area (Å²) in [5.74, 6) is 0.672. The van der Waals surface area contributed by atoms with Crippen LogP contribution in [0.15, 0.2) is 48.8 Å². The lowest BCUT2D eigenvalue weighted by Crippen LogP contribution is -1.92. The molecular weight excluding hydrogens is 192 g/mol. The molecule has 0 heterocycles. The van der Waals surface area contributed by atoms with Crippen LogP contribution in [0.3, 0.4) is 0 Å². The quantitative estimate of drug-likeness (QED) is 0.266. The van der Waals surface area contributed by atoms with E-state index in [0.29, 0.717) is 25.3 Å². The Morgan fingerprint density at radius 1 is 1.27 bits per heavy atom. The molecule has 0 amide bonds. The van der Waals surface area contributed by atoms with E-state index in [1.165, 1.54) is 0 Å². The van der Waals surface area contributed by atoms with Crippen molar-refractivity contribution in [2.75, 3.05) is 13.7 Å². The third-order valence-corrected chi connectivity index (χ3v) is 1.74. The van der Waals surface area contributed by atoms with Crippen LogP contribution in [-0.4, -0.2) is 20.2 Å². The van der Waals surface area contributed by atoms with E-state index in [1.54, 1.807) is 25.3 Å². The van der Waals surface area contributed by atoms with E-state index in [0.717, 1.165) is 5.57 Å². The minimum Gasteiger partial charge on any atom is -0.497 e. The molecule has 0 saturated carbocycles. The highest BCUT2D eigenvalue weighted by Gasteiger charge is 1.92. The number of hydrogen-bond acceptors (Lipinski definition) is 3. The van der Waals surface area contributed by atoms with Gasteiger partial charge in [0, 0.05) is 6.42 Å². The average molecular weight is 208 g/mol. The van der Waals surface area contributed by atoms with Gasteiger partial charge in [0.15, 0.2) is 0 Å². The van der Waals surface area contributed by atoms with Crippen LogP contribution in [0.25, 0.3) is 0 Å². The van der Waals surface area contributed by atoms with E-state index in [9.17, 15) is 4.79 Å². The maximum atomic E-state index is 9.92. The summed E-state index contributed by atoms with van der Waals surface area (Å²) in [5.41, 5.74) is 0.966. The van der Waals surface area contributed by atoms with Crippen LogP contribution < -0.4 is 0 Å². The Morgan fingerprint density at radius 3 is 2.47 bits per heavy atom. The molecule has 0 aliphatic carbocycles. The summed E-state index contributed by atoms with van der Waals surface area (Å²) in [7, 11) is 1.57. The molecule has 0 aliphatic rings. The van der Waals surface area contributed by atoms with Gasteiger partial charge in [0.25, 0.3) is 6.47 Å². The molecule has 3 nitrogen and oxygen atoms in total. The topological polar surface area (TPSA) is 35.5 Å². The van der Waals surface area contributed by atoms with Gasteiger partial charge in [-0.15, -0.1) is 0 Å². The largest absolute Gasteiger partial charge is 0.497 e. The Kier molecular flexibility index (Phi) is 7.77. The van der Waals surface area contributed by atoms with E-state index in [4.69, 9.17) is 4.74 Å². The highest BCUT2D eigenvalue weighted by molar-refractivity contribution is 5.37. The molecule has 0 aromatic carbocycles. The Morgan fingerprint density at radius 2 is 2.00 bits per heavy atom. The van der Waals surface area contributed by atoms with Crippen LogP contribution in [0.2, 0.25) is 0 Å². The molecular formula is C12H16O3. The Labute approximate surface area is 90.4 Å². The molecule has 0 fully saturated rings. The zero-order valence-electron chi connectivity index (χ0n) is 8.94. The zero-order chi connectivity index (χ0) is 11.5. The van der Waals surface area contributed by atoms with Gasteiger partial charge in [0.1, 0.15) is 5.76 Å². The monoisotopic (exact) mass is 208 g/mol. The third kappa shape index (κ3) is 6.32. The summed E-state index contributed by atoms with van der Waals surface area (Å²) in [5, 5.41) is 0. The van der Waals surface area contributed by atoms with Gasteiger partial charge in [-0.3, -0.25) is 4.79 Å². The molecule has 0 rings (SSSR count). The summed E-state index contributed by atoms with van der Waals surface area (Å²) in [6.45, 7) is 8.04. The molecule has 0 N–H and O–H groups in total. The van der Waals surface area contributed by atoms with Crippen molar-refractivity contribution in [3.63, 3.8) is 0 Å². The van der Waals surface area contributed by atoms with Crippen molar-refractivity contribution in [1.82, 2.24) is 0 Å². The first-order chi connectivity index (χ1) is 7.28. The maximum absolute atomic E-state index is 9.92. The van der Waals surface area contributed by atoms with Crippen molar-refractivity contribution in [1.29, 1.82) is 0 Å². The van der Waals surface area contributed by atoms with Gasteiger partial charge in [-0.05, 0) is 17.7 Å². The molecule has 15 heavy (non-hydrogen) atoms. The molecule has 3 heteroatoms. The van der Waals surface area contributed by atoms with Crippen LogP contribution >= 0.6 is 0 Å². The van der Waals surface area contributed by atoms with Crippen molar-refractivity contribution in [3.05, 3.63) is 48.8 Å². The van der Waals surface area contributed by atoms with Gasteiger partial charge >= 0.3 is 0 Å². The molecule has 0 aromatic heterocycles. The van der Waals surface area contributed by atoms with Crippen molar-refractivity contribution in [2.24, 2.45) is 0 Å². The Hall–Kier alpha value is -1.77. The number of allylic oxidation sites excluding steroid dienone is 4. The SMILES string of the molecule is C=C/C(=C\C=C(/C=C)OC)CCOC=O. The number of ether oxygens (including phenoxy) is 2. The first-order valence-corrected chi connectivity index (χ1v) is 4.53. The fourth-order valence-electron chi connectivity index (χ4n) is 0.887. The first kappa shape index (κ1) is 13.2. The van der Waals surface area contributed by atoms with Crippen LogP contribution in [0.1, 0.15) is 6.42 Å². The molecule has 0 bridgehead atoms. The van der Waals surface area contributed by atoms with Crippen LogP contribution in [0.5, 0.6) is 0 Å². The summed E-state index contributed by atoms with van der Waals surface area (Å²) in [6, 6.07) is 0. The van der Waals surface area contributed by atoms with Crippen molar-refractivity contribution in [3.8, 4) is 0 Å². The summed E-state index contributed by atoms with van der Waals surface area (Å²) < 4.78 is 9.58.